The molecule has 0 radical (unpaired) electrons. The van der Waals surface area contributed by atoms with Crippen LogP contribution < -0.4 is 20.5 Å². The summed E-state index contributed by atoms with van der Waals surface area (Å²) in [5.41, 5.74) is 1.70. The lowest BCUT2D eigenvalue weighted by atomic mass is 10.1. The monoisotopic (exact) mass is 439 g/mol. The normalized spacial score (nSPS) is 10.8. The molecular formula is C21H18ClN5O4. The molecule has 0 atom stereocenters. The number of halogens is 1. The minimum Gasteiger partial charge on any atom is -0.493 e. The van der Waals surface area contributed by atoms with Gasteiger partial charge in [-0.05, 0) is 36.4 Å². The van der Waals surface area contributed by atoms with Crippen LogP contribution in [0, 0.1) is 0 Å². The van der Waals surface area contributed by atoms with E-state index in [9.17, 15) is 9.59 Å². The van der Waals surface area contributed by atoms with Crippen molar-refractivity contribution in [3.63, 3.8) is 0 Å². The Morgan fingerprint density at radius 2 is 1.74 bits per heavy atom. The summed E-state index contributed by atoms with van der Waals surface area (Å²) in [6.07, 6.45) is 0. The maximum atomic E-state index is 12.7. The maximum absolute atomic E-state index is 12.7. The molecule has 31 heavy (non-hydrogen) atoms. The molecule has 0 saturated carbocycles. The zero-order valence-corrected chi connectivity index (χ0v) is 17.5. The first-order valence-electron chi connectivity index (χ1n) is 9.23. The summed E-state index contributed by atoms with van der Waals surface area (Å²) in [5.74, 6) is 0.597. The molecule has 0 unspecified atom stereocenters. The van der Waals surface area contributed by atoms with Crippen LogP contribution in [0.5, 0.6) is 11.5 Å². The van der Waals surface area contributed by atoms with Crippen molar-refractivity contribution >= 4 is 28.8 Å². The fraction of sp³-hybridized carbons (Fsp3) is 0.143. The minimum absolute atomic E-state index is 0.271. The van der Waals surface area contributed by atoms with Crippen LogP contribution in [0.1, 0.15) is 0 Å². The minimum atomic E-state index is -0.520. The molecule has 0 aliphatic carbocycles. The molecule has 4 rings (SSSR count). The number of fused-ring (bicyclic) bond motifs is 1. The van der Waals surface area contributed by atoms with Crippen molar-refractivity contribution in [1.82, 2.24) is 19.4 Å². The number of hydrogen-bond donors (Lipinski definition) is 1. The summed E-state index contributed by atoms with van der Waals surface area (Å²) in [6, 6.07) is 15.5. The van der Waals surface area contributed by atoms with Crippen LogP contribution >= 0.6 is 11.6 Å². The van der Waals surface area contributed by atoms with E-state index in [1.165, 1.54) is 14.2 Å². The van der Waals surface area contributed by atoms with E-state index in [2.05, 4.69) is 15.5 Å². The van der Waals surface area contributed by atoms with E-state index in [0.717, 1.165) is 14.8 Å². The summed E-state index contributed by atoms with van der Waals surface area (Å²) < 4.78 is 12.6. The average molecular weight is 440 g/mol. The van der Waals surface area contributed by atoms with Crippen LogP contribution in [-0.2, 0) is 11.3 Å². The molecule has 9 nitrogen and oxygen atoms in total. The lowest BCUT2D eigenvalue weighted by molar-refractivity contribution is -0.117. The van der Waals surface area contributed by atoms with E-state index in [-0.39, 0.29) is 6.54 Å². The lowest BCUT2D eigenvalue weighted by Gasteiger charge is -2.10. The molecule has 0 aliphatic heterocycles. The second-order valence-electron chi connectivity index (χ2n) is 6.55. The molecule has 1 N–H and O–H groups in total. The number of methoxy groups -OCH3 is 2. The molecule has 4 aromatic rings. The highest BCUT2D eigenvalue weighted by Gasteiger charge is 2.14. The Kier molecular flexibility index (Phi) is 5.59. The molecule has 0 fully saturated rings. The Balaban J connectivity index is 1.56. The summed E-state index contributed by atoms with van der Waals surface area (Å²) in [5, 5.41) is 11.8. The highest BCUT2D eigenvalue weighted by Crippen LogP contribution is 2.29. The first-order chi connectivity index (χ1) is 15.0. The predicted molar refractivity (Wildman–Crippen MR) is 116 cm³/mol. The Morgan fingerprint density at radius 1 is 1.00 bits per heavy atom. The van der Waals surface area contributed by atoms with Crippen LogP contribution in [0.4, 0.5) is 5.69 Å². The standard InChI is InChI=1S/C21H18ClN5O4/c1-30-17-9-7-15(11-18(17)31-2)23-20(28)12-26-21(29)27-19(25-26)10-8-16(24-27)13-3-5-14(22)6-4-13/h3-11H,12H2,1-2H3,(H,23,28). The fourth-order valence-corrected chi connectivity index (χ4v) is 3.16. The van der Waals surface area contributed by atoms with Gasteiger partial charge >= 0.3 is 5.69 Å². The fourth-order valence-electron chi connectivity index (χ4n) is 3.04. The largest absolute Gasteiger partial charge is 0.493 e. The topological polar surface area (TPSA) is 99.7 Å². The Labute approximate surface area is 181 Å². The molecule has 10 heteroatoms. The highest BCUT2D eigenvalue weighted by atomic mass is 35.5. The number of nitrogens with one attached hydrogen (secondary N) is 1. The summed E-state index contributed by atoms with van der Waals surface area (Å²) >= 11 is 5.92. The van der Waals surface area contributed by atoms with E-state index < -0.39 is 11.6 Å². The zero-order valence-electron chi connectivity index (χ0n) is 16.7. The van der Waals surface area contributed by atoms with Gasteiger partial charge in [-0.2, -0.15) is 9.61 Å². The van der Waals surface area contributed by atoms with Gasteiger partial charge in [-0.15, -0.1) is 5.10 Å². The first-order valence-corrected chi connectivity index (χ1v) is 9.61. The molecule has 0 aliphatic rings. The van der Waals surface area contributed by atoms with Gasteiger partial charge in [-0.25, -0.2) is 9.48 Å². The Hall–Kier alpha value is -3.85. The van der Waals surface area contributed by atoms with Crippen LogP contribution in [0.3, 0.4) is 0 Å². The van der Waals surface area contributed by atoms with Crippen LogP contribution in [0.2, 0.25) is 5.02 Å². The summed E-state index contributed by atoms with van der Waals surface area (Å²) in [7, 11) is 3.03. The SMILES string of the molecule is COc1ccc(NC(=O)Cn2nc3ccc(-c4ccc(Cl)cc4)nn3c2=O)cc1OC. The molecule has 2 heterocycles. The smallest absolute Gasteiger partial charge is 0.367 e. The Morgan fingerprint density at radius 3 is 2.45 bits per heavy atom. The first kappa shape index (κ1) is 20.4. The summed E-state index contributed by atoms with van der Waals surface area (Å²) in [4.78, 5) is 25.2. The van der Waals surface area contributed by atoms with E-state index in [1.807, 2.05) is 12.1 Å². The van der Waals surface area contributed by atoms with Crippen molar-refractivity contribution in [3.05, 3.63) is 70.1 Å². The molecule has 158 valence electrons. The van der Waals surface area contributed by atoms with Gasteiger partial charge in [0.1, 0.15) is 6.54 Å². The number of anilines is 1. The van der Waals surface area contributed by atoms with Crippen molar-refractivity contribution in [2.75, 3.05) is 19.5 Å². The molecule has 0 spiro atoms. The Bertz CT molecular complexity index is 1310. The summed E-state index contributed by atoms with van der Waals surface area (Å²) in [6.45, 7) is -0.271. The van der Waals surface area contributed by atoms with E-state index in [4.69, 9.17) is 21.1 Å². The van der Waals surface area contributed by atoms with E-state index in [1.54, 1.807) is 42.5 Å². The van der Waals surface area contributed by atoms with Gasteiger partial charge in [0.15, 0.2) is 17.1 Å². The van der Waals surface area contributed by atoms with Crippen LogP contribution in [0.25, 0.3) is 16.9 Å². The second kappa shape index (κ2) is 8.49. The molecule has 2 aromatic heterocycles. The van der Waals surface area contributed by atoms with Gasteiger partial charge in [-0.3, -0.25) is 4.79 Å². The van der Waals surface area contributed by atoms with Crippen molar-refractivity contribution < 1.29 is 14.3 Å². The maximum Gasteiger partial charge on any atom is 0.367 e. The number of carbonyl (C=O) groups excluding carboxylic acids is 1. The number of benzene rings is 2. The van der Waals surface area contributed by atoms with Crippen LogP contribution in [-0.4, -0.2) is 39.5 Å². The number of rotatable bonds is 6. The number of hydrogen-bond acceptors (Lipinski definition) is 6. The number of carbonyl (C=O) groups is 1. The van der Waals surface area contributed by atoms with Gasteiger partial charge in [0.2, 0.25) is 5.91 Å². The molecule has 0 bridgehead atoms. The zero-order chi connectivity index (χ0) is 22.0. The van der Waals surface area contributed by atoms with Crippen molar-refractivity contribution in [2.45, 2.75) is 6.54 Å². The number of ether oxygens (including phenoxy) is 2. The van der Waals surface area contributed by atoms with E-state index in [0.29, 0.717) is 33.6 Å². The van der Waals surface area contributed by atoms with Gasteiger partial charge in [-0.1, -0.05) is 23.7 Å². The third-order valence-corrected chi connectivity index (χ3v) is 4.79. The third-order valence-electron chi connectivity index (χ3n) is 4.54. The molecule has 2 aromatic carbocycles. The van der Waals surface area contributed by atoms with Crippen molar-refractivity contribution in [1.29, 1.82) is 0 Å². The van der Waals surface area contributed by atoms with Gasteiger partial charge < -0.3 is 14.8 Å². The van der Waals surface area contributed by atoms with Gasteiger partial charge in [0.25, 0.3) is 0 Å². The predicted octanol–water partition coefficient (Wildman–Crippen LogP) is 2.87. The van der Waals surface area contributed by atoms with E-state index >= 15 is 0 Å². The third kappa shape index (κ3) is 4.22. The van der Waals surface area contributed by atoms with Gasteiger partial charge in [0, 0.05) is 22.3 Å². The lowest BCUT2D eigenvalue weighted by Crippen LogP contribution is -2.28. The van der Waals surface area contributed by atoms with Gasteiger partial charge in [0.05, 0.1) is 19.9 Å². The molecule has 0 saturated heterocycles. The number of aromatic nitrogens is 4. The number of nitrogens with zero attached hydrogens (tertiary/aromatic N) is 4. The van der Waals surface area contributed by atoms with Crippen LogP contribution in [0.15, 0.2) is 59.4 Å². The highest BCUT2D eigenvalue weighted by molar-refractivity contribution is 6.30. The molecule has 1 amide bonds. The second-order valence-corrected chi connectivity index (χ2v) is 6.99. The average Bonchev–Trinajstić information content (AvgIpc) is 3.08. The van der Waals surface area contributed by atoms with Crippen molar-refractivity contribution in [3.8, 4) is 22.8 Å². The quantitative estimate of drug-likeness (QED) is 0.496. The number of amides is 1. The molecular weight excluding hydrogens is 422 g/mol. The van der Waals surface area contributed by atoms with Crippen molar-refractivity contribution in [2.24, 2.45) is 0 Å².